The second kappa shape index (κ2) is 3.06. The highest BCUT2D eigenvalue weighted by Gasteiger charge is 2.28. The van der Waals surface area contributed by atoms with Crippen LogP contribution < -0.4 is 5.73 Å². The van der Waals surface area contributed by atoms with Gasteiger partial charge in [0.15, 0.2) is 0 Å². The van der Waals surface area contributed by atoms with Gasteiger partial charge in [0.2, 0.25) is 0 Å². The molecule has 0 radical (unpaired) electrons. The molecule has 1 aliphatic rings. The summed E-state index contributed by atoms with van der Waals surface area (Å²) in [5.41, 5.74) is 8.61. The average molecular weight is 192 g/mol. The molecule has 1 atom stereocenters. The van der Waals surface area contributed by atoms with E-state index in [9.17, 15) is 10.1 Å². The molecule has 0 aliphatic heterocycles. The van der Waals surface area contributed by atoms with E-state index < -0.39 is 0 Å². The molecule has 0 amide bonds. The second-order valence-corrected chi connectivity index (χ2v) is 3.70. The van der Waals surface area contributed by atoms with E-state index in [1.54, 1.807) is 13.0 Å². The Morgan fingerprint density at radius 2 is 2.29 bits per heavy atom. The minimum Gasteiger partial charge on any atom is -0.324 e. The summed E-state index contributed by atoms with van der Waals surface area (Å²) in [7, 11) is 0. The Morgan fingerprint density at radius 3 is 2.93 bits per heavy atom. The molecule has 0 spiro atoms. The first-order valence-corrected chi connectivity index (χ1v) is 4.63. The van der Waals surface area contributed by atoms with Crippen molar-refractivity contribution in [1.29, 1.82) is 0 Å². The molecule has 1 aliphatic carbocycles. The molecule has 2 N–H and O–H groups in total. The predicted octanol–water partition coefficient (Wildman–Crippen LogP) is 1.85. The first-order valence-electron chi connectivity index (χ1n) is 4.63. The van der Waals surface area contributed by atoms with Crippen molar-refractivity contribution >= 4 is 5.69 Å². The Hall–Kier alpha value is -1.42. The van der Waals surface area contributed by atoms with Crippen molar-refractivity contribution < 1.29 is 4.92 Å². The van der Waals surface area contributed by atoms with Gasteiger partial charge in [0, 0.05) is 17.2 Å². The van der Waals surface area contributed by atoms with E-state index >= 15 is 0 Å². The van der Waals surface area contributed by atoms with Crippen LogP contribution >= 0.6 is 0 Å². The van der Waals surface area contributed by atoms with Gasteiger partial charge in [-0.2, -0.15) is 0 Å². The Labute approximate surface area is 81.9 Å². The average Bonchev–Trinajstić information content (AvgIpc) is 2.47. The Morgan fingerprint density at radius 1 is 1.57 bits per heavy atom. The van der Waals surface area contributed by atoms with Gasteiger partial charge in [-0.15, -0.1) is 0 Å². The number of fused-ring (bicyclic) bond motifs is 1. The molecule has 0 bridgehead atoms. The van der Waals surface area contributed by atoms with Crippen LogP contribution in [0.25, 0.3) is 0 Å². The fourth-order valence-electron chi connectivity index (χ4n) is 2.09. The van der Waals surface area contributed by atoms with Gasteiger partial charge in [0.1, 0.15) is 0 Å². The molecular formula is C10H12N2O2. The quantitative estimate of drug-likeness (QED) is 0.545. The monoisotopic (exact) mass is 192 g/mol. The minimum atomic E-state index is -0.299. The highest BCUT2D eigenvalue weighted by Crippen LogP contribution is 2.37. The molecule has 1 aromatic rings. The lowest BCUT2D eigenvalue weighted by molar-refractivity contribution is -0.386. The van der Waals surface area contributed by atoms with Crippen molar-refractivity contribution in [3.8, 4) is 0 Å². The normalized spacial score (nSPS) is 19.4. The lowest BCUT2D eigenvalue weighted by Crippen LogP contribution is -2.05. The van der Waals surface area contributed by atoms with Crippen molar-refractivity contribution in [3.05, 3.63) is 38.9 Å². The number of nitrogens with two attached hydrogens (primary N) is 1. The number of nitrogens with zero attached hydrogens (tertiary/aromatic N) is 1. The highest BCUT2D eigenvalue weighted by molar-refractivity contribution is 5.54. The van der Waals surface area contributed by atoms with Crippen LogP contribution in [0, 0.1) is 17.0 Å². The third-order valence-electron chi connectivity index (χ3n) is 2.81. The maximum Gasteiger partial charge on any atom is 0.275 e. The summed E-state index contributed by atoms with van der Waals surface area (Å²) in [6, 6.07) is 3.67. The maximum absolute atomic E-state index is 10.9. The first-order chi connectivity index (χ1) is 6.61. The summed E-state index contributed by atoms with van der Waals surface area (Å²) >= 11 is 0. The molecule has 0 aromatic heterocycles. The molecule has 1 aromatic carbocycles. The number of nitro groups is 1. The van der Waals surface area contributed by atoms with Crippen LogP contribution in [0.3, 0.4) is 0 Å². The van der Waals surface area contributed by atoms with Crippen LogP contribution in [-0.2, 0) is 6.42 Å². The third kappa shape index (κ3) is 1.19. The summed E-state index contributed by atoms with van der Waals surface area (Å²) in [4.78, 5) is 10.6. The number of benzene rings is 1. The van der Waals surface area contributed by atoms with Gasteiger partial charge in [-0.3, -0.25) is 10.1 Å². The third-order valence-corrected chi connectivity index (χ3v) is 2.81. The summed E-state index contributed by atoms with van der Waals surface area (Å²) in [6.45, 7) is 1.77. The van der Waals surface area contributed by atoms with E-state index in [1.807, 2.05) is 6.07 Å². The smallest absolute Gasteiger partial charge is 0.275 e. The zero-order valence-electron chi connectivity index (χ0n) is 7.99. The Bertz CT molecular complexity index is 401. The van der Waals surface area contributed by atoms with Gasteiger partial charge in [0.05, 0.1) is 4.92 Å². The summed E-state index contributed by atoms with van der Waals surface area (Å²) < 4.78 is 0. The van der Waals surface area contributed by atoms with Gasteiger partial charge in [-0.1, -0.05) is 12.1 Å². The van der Waals surface area contributed by atoms with Crippen LogP contribution in [0.4, 0.5) is 5.69 Å². The number of hydrogen-bond acceptors (Lipinski definition) is 3. The molecule has 2 rings (SSSR count). The molecule has 4 heteroatoms. The molecule has 74 valence electrons. The molecule has 4 nitrogen and oxygen atoms in total. The standard InChI is InChI=1S/C10H12N2O2/c1-6-2-3-7-8(4-5-9(7)11)10(6)12(13)14/h2-3,9H,4-5,11H2,1H3. The Kier molecular flexibility index (Phi) is 2.00. The number of rotatable bonds is 1. The maximum atomic E-state index is 10.9. The van der Waals surface area contributed by atoms with Crippen LogP contribution in [0.2, 0.25) is 0 Å². The van der Waals surface area contributed by atoms with Crippen molar-refractivity contribution in [2.24, 2.45) is 5.73 Å². The molecular weight excluding hydrogens is 180 g/mol. The van der Waals surface area contributed by atoms with Gasteiger partial charge >= 0.3 is 0 Å². The largest absolute Gasteiger partial charge is 0.324 e. The molecule has 14 heavy (non-hydrogen) atoms. The molecule has 1 unspecified atom stereocenters. The molecule has 0 fully saturated rings. The summed E-state index contributed by atoms with van der Waals surface area (Å²) in [5, 5.41) is 10.9. The zero-order valence-corrected chi connectivity index (χ0v) is 7.99. The predicted molar refractivity (Wildman–Crippen MR) is 53.1 cm³/mol. The number of nitro benzene ring substituents is 1. The van der Waals surface area contributed by atoms with Crippen LogP contribution in [0.1, 0.15) is 29.2 Å². The van der Waals surface area contributed by atoms with Crippen molar-refractivity contribution in [2.75, 3.05) is 0 Å². The minimum absolute atomic E-state index is 0.0238. The highest BCUT2D eigenvalue weighted by atomic mass is 16.6. The van der Waals surface area contributed by atoms with E-state index in [0.29, 0.717) is 0 Å². The van der Waals surface area contributed by atoms with Crippen LogP contribution in [0.15, 0.2) is 12.1 Å². The van der Waals surface area contributed by atoms with Gasteiger partial charge in [-0.25, -0.2) is 0 Å². The van der Waals surface area contributed by atoms with E-state index in [2.05, 4.69) is 0 Å². The lowest BCUT2D eigenvalue weighted by atomic mass is 10.0. The van der Waals surface area contributed by atoms with E-state index in [4.69, 9.17) is 5.73 Å². The van der Waals surface area contributed by atoms with E-state index in [0.717, 1.165) is 29.5 Å². The van der Waals surface area contributed by atoms with E-state index in [1.165, 1.54) is 0 Å². The van der Waals surface area contributed by atoms with Gasteiger partial charge < -0.3 is 5.73 Å². The van der Waals surface area contributed by atoms with Gasteiger partial charge in [-0.05, 0) is 25.3 Å². The second-order valence-electron chi connectivity index (χ2n) is 3.70. The summed E-state index contributed by atoms with van der Waals surface area (Å²) in [5.74, 6) is 0. The number of aryl methyl sites for hydroxylation is 1. The Balaban J connectivity index is 2.65. The molecule has 0 saturated heterocycles. The van der Waals surface area contributed by atoms with Crippen molar-refractivity contribution in [2.45, 2.75) is 25.8 Å². The van der Waals surface area contributed by atoms with Crippen LogP contribution in [-0.4, -0.2) is 4.92 Å². The van der Waals surface area contributed by atoms with Crippen molar-refractivity contribution in [1.82, 2.24) is 0 Å². The fourth-order valence-corrected chi connectivity index (χ4v) is 2.09. The molecule has 0 heterocycles. The summed E-state index contributed by atoms with van der Waals surface area (Å²) in [6.07, 6.45) is 1.55. The number of hydrogen-bond donors (Lipinski definition) is 1. The van der Waals surface area contributed by atoms with Gasteiger partial charge in [0.25, 0.3) is 5.69 Å². The zero-order chi connectivity index (χ0) is 10.3. The van der Waals surface area contributed by atoms with Crippen LogP contribution in [0.5, 0.6) is 0 Å². The SMILES string of the molecule is Cc1ccc2c(c1[N+](=O)[O-])CCC2N. The van der Waals surface area contributed by atoms with E-state index in [-0.39, 0.29) is 16.7 Å². The fraction of sp³-hybridized carbons (Fsp3) is 0.400. The van der Waals surface area contributed by atoms with Crippen molar-refractivity contribution in [3.63, 3.8) is 0 Å². The lowest BCUT2D eigenvalue weighted by Gasteiger charge is -2.06. The topological polar surface area (TPSA) is 69.2 Å². The molecule has 0 saturated carbocycles. The first kappa shape index (κ1) is 9.15.